The van der Waals surface area contributed by atoms with Gasteiger partial charge in [0, 0.05) is 18.1 Å². The predicted molar refractivity (Wildman–Crippen MR) is 72.1 cm³/mol. The van der Waals surface area contributed by atoms with Crippen LogP contribution in [0.1, 0.15) is 24.8 Å². The van der Waals surface area contributed by atoms with E-state index in [1.54, 1.807) is 0 Å². The smallest absolute Gasteiger partial charge is 0.140 e. The Morgan fingerprint density at radius 3 is 3.06 bits per heavy atom. The van der Waals surface area contributed by atoms with E-state index in [0.717, 1.165) is 29.7 Å². The van der Waals surface area contributed by atoms with Crippen molar-refractivity contribution in [3.63, 3.8) is 0 Å². The molecule has 0 spiro atoms. The first-order valence-corrected chi connectivity index (χ1v) is 6.89. The molecule has 1 saturated carbocycles. The number of nitrogens with one attached hydrogen (secondary N) is 1. The van der Waals surface area contributed by atoms with Gasteiger partial charge < -0.3 is 5.32 Å². The molecule has 0 amide bonds. The average Bonchev–Trinajstić information content (AvgIpc) is 2.67. The van der Waals surface area contributed by atoms with Crippen molar-refractivity contribution in [1.29, 1.82) is 0 Å². The first-order valence-electron chi connectivity index (χ1n) is 5.66. The standard InChI is InChI=1S/C12H16BrClN2/c1-8-4-5-15-12(11(8)13)16-7-9-2-3-10(14)6-9/h4-5,9-10H,2-3,6-7H2,1H3,(H,15,16). The Kier molecular flexibility index (Phi) is 4.09. The molecule has 2 nitrogen and oxygen atoms in total. The van der Waals surface area contributed by atoms with Gasteiger partial charge in [0.2, 0.25) is 0 Å². The minimum Gasteiger partial charge on any atom is -0.369 e. The zero-order valence-electron chi connectivity index (χ0n) is 9.34. The van der Waals surface area contributed by atoms with Crippen molar-refractivity contribution in [2.75, 3.05) is 11.9 Å². The van der Waals surface area contributed by atoms with Crippen molar-refractivity contribution in [1.82, 2.24) is 4.98 Å². The van der Waals surface area contributed by atoms with Gasteiger partial charge in [-0.3, -0.25) is 0 Å². The highest BCUT2D eigenvalue weighted by Gasteiger charge is 2.22. The summed E-state index contributed by atoms with van der Waals surface area (Å²) in [6.45, 7) is 3.04. The molecule has 2 unspecified atom stereocenters. The lowest BCUT2D eigenvalue weighted by Crippen LogP contribution is -2.13. The maximum absolute atomic E-state index is 6.09. The van der Waals surface area contributed by atoms with E-state index >= 15 is 0 Å². The number of nitrogens with zero attached hydrogens (tertiary/aromatic N) is 1. The van der Waals surface area contributed by atoms with E-state index in [1.807, 2.05) is 12.3 Å². The van der Waals surface area contributed by atoms with E-state index in [0.29, 0.717) is 11.3 Å². The summed E-state index contributed by atoms with van der Waals surface area (Å²) in [5.74, 6) is 1.63. The number of alkyl halides is 1. The molecular formula is C12H16BrClN2. The molecule has 2 rings (SSSR count). The van der Waals surface area contributed by atoms with Gasteiger partial charge in [0.15, 0.2) is 0 Å². The highest BCUT2D eigenvalue weighted by Crippen LogP contribution is 2.30. The van der Waals surface area contributed by atoms with Gasteiger partial charge in [-0.2, -0.15) is 0 Å². The van der Waals surface area contributed by atoms with Crippen LogP contribution >= 0.6 is 27.5 Å². The number of aryl methyl sites for hydroxylation is 1. The largest absolute Gasteiger partial charge is 0.369 e. The number of rotatable bonds is 3. The van der Waals surface area contributed by atoms with Gasteiger partial charge in [-0.25, -0.2) is 4.98 Å². The van der Waals surface area contributed by atoms with Crippen LogP contribution in [0.2, 0.25) is 0 Å². The van der Waals surface area contributed by atoms with Crippen LogP contribution in [0.4, 0.5) is 5.82 Å². The minimum absolute atomic E-state index is 0.376. The third-order valence-corrected chi connectivity index (χ3v) is 4.52. The van der Waals surface area contributed by atoms with E-state index in [-0.39, 0.29) is 0 Å². The molecule has 0 bridgehead atoms. The molecule has 0 saturated heterocycles. The highest BCUT2D eigenvalue weighted by atomic mass is 79.9. The number of hydrogen-bond acceptors (Lipinski definition) is 2. The fraction of sp³-hybridized carbons (Fsp3) is 0.583. The number of pyridine rings is 1. The summed E-state index contributed by atoms with van der Waals surface area (Å²) in [7, 11) is 0. The van der Waals surface area contributed by atoms with Gasteiger partial charge in [-0.15, -0.1) is 11.6 Å². The Morgan fingerprint density at radius 1 is 1.56 bits per heavy atom. The topological polar surface area (TPSA) is 24.9 Å². The Hall–Kier alpha value is -0.280. The normalized spacial score (nSPS) is 24.7. The van der Waals surface area contributed by atoms with Crippen LogP contribution in [-0.4, -0.2) is 16.9 Å². The lowest BCUT2D eigenvalue weighted by Gasteiger charge is -2.13. The van der Waals surface area contributed by atoms with Crippen LogP contribution in [-0.2, 0) is 0 Å². The minimum atomic E-state index is 0.376. The van der Waals surface area contributed by atoms with Crippen LogP contribution < -0.4 is 5.32 Å². The van der Waals surface area contributed by atoms with Crippen LogP contribution in [0.15, 0.2) is 16.7 Å². The first kappa shape index (κ1) is 12.2. The second-order valence-electron chi connectivity index (χ2n) is 4.45. The summed E-state index contributed by atoms with van der Waals surface area (Å²) in [6.07, 6.45) is 5.33. The van der Waals surface area contributed by atoms with Gasteiger partial charge in [-0.05, 0) is 59.7 Å². The van der Waals surface area contributed by atoms with Gasteiger partial charge in [0.1, 0.15) is 5.82 Å². The molecule has 1 fully saturated rings. The van der Waals surface area contributed by atoms with E-state index in [2.05, 4.69) is 33.2 Å². The van der Waals surface area contributed by atoms with E-state index in [1.165, 1.54) is 12.0 Å². The highest BCUT2D eigenvalue weighted by molar-refractivity contribution is 9.10. The van der Waals surface area contributed by atoms with Crippen LogP contribution in [0, 0.1) is 12.8 Å². The molecule has 0 aromatic carbocycles. The molecule has 88 valence electrons. The molecule has 1 aliphatic carbocycles. The van der Waals surface area contributed by atoms with E-state index < -0.39 is 0 Å². The van der Waals surface area contributed by atoms with Crippen LogP contribution in [0.3, 0.4) is 0 Å². The van der Waals surface area contributed by atoms with Gasteiger partial charge >= 0.3 is 0 Å². The average molecular weight is 304 g/mol. The Labute approximate surface area is 110 Å². The first-order chi connectivity index (χ1) is 7.66. The molecular weight excluding hydrogens is 288 g/mol. The predicted octanol–water partition coefficient (Wildman–Crippen LogP) is 3.97. The SMILES string of the molecule is Cc1ccnc(NCC2CCC(Cl)C2)c1Br. The summed E-state index contributed by atoms with van der Waals surface area (Å²) in [5.41, 5.74) is 1.21. The van der Waals surface area contributed by atoms with Crippen molar-refractivity contribution in [2.45, 2.75) is 31.6 Å². The zero-order chi connectivity index (χ0) is 11.5. The van der Waals surface area contributed by atoms with Gasteiger partial charge in [-0.1, -0.05) is 0 Å². The van der Waals surface area contributed by atoms with Gasteiger partial charge in [0.25, 0.3) is 0 Å². The van der Waals surface area contributed by atoms with E-state index in [9.17, 15) is 0 Å². The number of halogens is 2. The summed E-state index contributed by atoms with van der Waals surface area (Å²) >= 11 is 9.64. The summed E-state index contributed by atoms with van der Waals surface area (Å²) in [6, 6.07) is 2.00. The molecule has 1 N–H and O–H groups in total. The van der Waals surface area contributed by atoms with Crippen molar-refractivity contribution in [2.24, 2.45) is 5.92 Å². The second kappa shape index (κ2) is 5.37. The summed E-state index contributed by atoms with van der Waals surface area (Å²) in [5, 5.41) is 3.78. The van der Waals surface area contributed by atoms with Crippen molar-refractivity contribution < 1.29 is 0 Å². The Bertz CT molecular complexity index is 370. The molecule has 4 heteroatoms. The number of anilines is 1. The van der Waals surface area contributed by atoms with Crippen molar-refractivity contribution in [3.05, 3.63) is 22.3 Å². The second-order valence-corrected chi connectivity index (χ2v) is 5.86. The molecule has 0 radical (unpaired) electrons. The van der Waals surface area contributed by atoms with Crippen LogP contribution in [0.5, 0.6) is 0 Å². The lowest BCUT2D eigenvalue weighted by atomic mass is 10.1. The maximum atomic E-state index is 6.09. The van der Waals surface area contributed by atoms with E-state index in [4.69, 9.17) is 11.6 Å². The Balaban J connectivity index is 1.92. The molecule has 1 aliphatic rings. The summed E-state index contributed by atoms with van der Waals surface area (Å²) < 4.78 is 1.07. The zero-order valence-corrected chi connectivity index (χ0v) is 11.7. The van der Waals surface area contributed by atoms with Gasteiger partial charge in [0.05, 0.1) is 4.47 Å². The van der Waals surface area contributed by atoms with Crippen molar-refractivity contribution in [3.8, 4) is 0 Å². The quantitative estimate of drug-likeness (QED) is 0.855. The number of aromatic nitrogens is 1. The lowest BCUT2D eigenvalue weighted by molar-refractivity contribution is 0.579. The third-order valence-electron chi connectivity index (χ3n) is 3.12. The molecule has 16 heavy (non-hydrogen) atoms. The molecule has 1 aromatic rings. The van der Waals surface area contributed by atoms with Crippen LogP contribution in [0.25, 0.3) is 0 Å². The molecule has 1 heterocycles. The molecule has 1 aromatic heterocycles. The third kappa shape index (κ3) is 2.89. The fourth-order valence-electron chi connectivity index (χ4n) is 2.10. The molecule has 2 atom stereocenters. The monoisotopic (exact) mass is 302 g/mol. The van der Waals surface area contributed by atoms with Crippen molar-refractivity contribution >= 4 is 33.3 Å². The fourth-order valence-corrected chi connectivity index (χ4v) is 2.86. The number of hydrogen-bond donors (Lipinski definition) is 1. The Morgan fingerprint density at radius 2 is 2.38 bits per heavy atom. The molecule has 0 aliphatic heterocycles. The maximum Gasteiger partial charge on any atom is 0.140 e. The summed E-state index contributed by atoms with van der Waals surface area (Å²) in [4.78, 5) is 4.33.